The quantitative estimate of drug-likeness (QED) is 0.129. The van der Waals surface area contributed by atoms with E-state index in [0.29, 0.717) is 12.2 Å². The monoisotopic (exact) mass is 507 g/mol. The third-order valence-electron chi connectivity index (χ3n) is 5.42. The van der Waals surface area contributed by atoms with Gasteiger partial charge < -0.3 is 24.9 Å². The number of nitrogens with one attached hydrogen (secondary N) is 1. The molecule has 1 rings (SSSR count). The topological polar surface area (TPSA) is 124 Å². The molecule has 1 aromatic carbocycles. The maximum Gasteiger partial charge on any atom is 1.00 e. The molecule has 4 N–H and O–H groups in total. The van der Waals surface area contributed by atoms with Gasteiger partial charge in [-0.05, 0) is 18.6 Å². The van der Waals surface area contributed by atoms with Crippen LogP contribution in [0.15, 0.2) is 12.1 Å². The summed E-state index contributed by atoms with van der Waals surface area (Å²) in [7, 11) is 0. The van der Waals surface area contributed by atoms with Crippen molar-refractivity contribution in [3.05, 3.63) is 28.8 Å². The summed E-state index contributed by atoms with van der Waals surface area (Å²) >= 11 is 0. The van der Waals surface area contributed by atoms with Crippen LogP contribution in [0.4, 0.5) is 5.69 Å². The maximum atomic E-state index is 11.4. The van der Waals surface area contributed by atoms with Gasteiger partial charge in [-0.3, -0.25) is 0 Å². The third kappa shape index (κ3) is 16.2. The second-order valence-corrected chi connectivity index (χ2v) is 8.03. The molecule has 0 unspecified atom stereocenters. The number of hydrogen-bond acceptors (Lipinski definition) is 4. The molecule has 0 fully saturated rings. The molecule has 10 heteroatoms. The van der Waals surface area contributed by atoms with E-state index >= 15 is 0 Å². The molecule has 34 heavy (non-hydrogen) atoms. The summed E-state index contributed by atoms with van der Waals surface area (Å²) < 4.78 is 0. The Bertz CT molecular complexity index is 711. The second-order valence-electron chi connectivity index (χ2n) is 8.03. The van der Waals surface area contributed by atoms with E-state index in [-0.39, 0.29) is 93.0 Å². The zero-order chi connectivity index (χ0) is 23.1. The Labute approximate surface area is 274 Å². The van der Waals surface area contributed by atoms with Crippen molar-refractivity contribution in [3.63, 3.8) is 0 Å². The maximum absolute atomic E-state index is 11.4. The molecule has 0 amide bonds. The Morgan fingerprint density at radius 1 is 0.647 bits per heavy atom. The van der Waals surface area contributed by atoms with Gasteiger partial charge in [0.15, 0.2) is 0 Å². The zero-order valence-corrected chi connectivity index (χ0v) is 27.6. The standard InChI is InChI=1S/C24H37NO6.3Na.3H/c1-2-3-4-5-6-7-8-9-10-11-12-13-14-15-25-18-16-19(22(26)27)21(24(30)31)20(17-18)23(28)29;;;;;;/h16-17,25H,2-15H2,1H3,(H,26,27)(H,28,29)(H,30,31);;;;;;/q;3*+1;3*-1. The van der Waals surface area contributed by atoms with Gasteiger partial charge in [-0.15, -0.1) is 0 Å². The SMILES string of the molecule is CCCCCCCCCCCCCCCNc1cc(C(=O)O)c(C(=O)O)c(C(=O)O)c1.[H-].[H-].[H-].[Na+].[Na+].[Na+]. The number of carbonyl (C=O) groups is 3. The molecule has 0 heterocycles. The summed E-state index contributed by atoms with van der Waals surface area (Å²) in [5.41, 5.74) is -1.45. The Kier molecular flexibility index (Phi) is 27.3. The molecule has 7 nitrogen and oxygen atoms in total. The van der Waals surface area contributed by atoms with Crippen molar-refractivity contribution in [2.24, 2.45) is 0 Å². The van der Waals surface area contributed by atoms with E-state index in [1.165, 1.54) is 76.3 Å². The number of rotatable bonds is 18. The van der Waals surface area contributed by atoms with Crippen LogP contribution in [0.5, 0.6) is 0 Å². The van der Waals surface area contributed by atoms with Crippen molar-refractivity contribution in [1.82, 2.24) is 0 Å². The van der Waals surface area contributed by atoms with E-state index in [1.54, 1.807) is 0 Å². The van der Waals surface area contributed by atoms with E-state index in [1.807, 2.05) is 0 Å². The molecule has 0 bridgehead atoms. The third-order valence-corrected chi connectivity index (χ3v) is 5.42. The molecule has 1 aromatic rings. The molecule has 0 saturated carbocycles. The average Bonchev–Trinajstić information content (AvgIpc) is 2.73. The number of unbranched alkanes of at least 4 members (excludes halogenated alkanes) is 12. The molecule has 0 spiro atoms. The molecular weight excluding hydrogens is 467 g/mol. The van der Waals surface area contributed by atoms with E-state index in [9.17, 15) is 29.7 Å². The van der Waals surface area contributed by atoms with Gasteiger partial charge >= 0.3 is 107 Å². The van der Waals surface area contributed by atoms with Gasteiger partial charge in [-0.2, -0.15) is 0 Å². The minimum atomic E-state index is -1.57. The fraction of sp³-hybridized carbons (Fsp3) is 0.625. The van der Waals surface area contributed by atoms with Crippen LogP contribution >= 0.6 is 0 Å². The number of hydrogen-bond donors (Lipinski definition) is 4. The Balaban J connectivity index is -0.000000400. The number of aromatic carboxylic acids is 3. The molecule has 180 valence electrons. The van der Waals surface area contributed by atoms with Gasteiger partial charge in [0.25, 0.3) is 0 Å². The second kappa shape index (κ2) is 23.8. The van der Waals surface area contributed by atoms with Crippen LogP contribution in [0.25, 0.3) is 0 Å². The first-order chi connectivity index (χ1) is 14.9. The van der Waals surface area contributed by atoms with Crippen molar-refractivity contribution in [3.8, 4) is 0 Å². The van der Waals surface area contributed by atoms with Crippen LogP contribution in [0, 0.1) is 0 Å². The fourth-order valence-corrected chi connectivity index (χ4v) is 3.69. The van der Waals surface area contributed by atoms with Gasteiger partial charge in [0.2, 0.25) is 0 Å². The average molecular weight is 508 g/mol. The molecule has 0 aromatic heterocycles. The van der Waals surface area contributed by atoms with Gasteiger partial charge in [-0.1, -0.05) is 84.0 Å². The van der Waals surface area contributed by atoms with Crippen molar-refractivity contribution in [1.29, 1.82) is 0 Å². The summed E-state index contributed by atoms with van der Waals surface area (Å²) in [5, 5.41) is 30.7. The summed E-state index contributed by atoms with van der Waals surface area (Å²) in [6, 6.07) is 2.36. The van der Waals surface area contributed by atoms with Crippen LogP contribution in [0.2, 0.25) is 0 Å². The molecule has 0 atom stereocenters. The number of carboxylic acids is 3. The largest absolute Gasteiger partial charge is 1.00 e. The normalized spacial score (nSPS) is 9.79. The van der Waals surface area contributed by atoms with Crippen molar-refractivity contribution >= 4 is 23.6 Å². The molecule has 0 aliphatic rings. The van der Waals surface area contributed by atoms with E-state index in [2.05, 4.69) is 12.2 Å². The van der Waals surface area contributed by atoms with Crippen LogP contribution in [0.3, 0.4) is 0 Å². The smallest absolute Gasteiger partial charge is 1.00 e. The first-order valence-corrected chi connectivity index (χ1v) is 11.5. The van der Waals surface area contributed by atoms with Crippen molar-refractivity contribution in [2.75, 3.05) is 11.9 Å². The van der Waals surface area contributed by atoms with Crippen LogP contribution in [0.1, 0.15) is 126 Å². The fourth-order valence-electron chi connectivity index (χ4n) is 3.69. The minimum Gasteiger partial charge on any atom is -1.00 e. The Morgan fingerprint density at radius 2 is 1.00 bits per heavy atom. The summed E-state index contributed by atoms with van der Waals surface area (Å²) in [6.07, 6.45) is 16.2. The minimum absolute atomic E-state index is 0. The molecule has 0 saturated heterocycles. The number of carboxylic acid groups (broad SMARTS) is 3. The van der Waals surface area contributed by atoms with Gasteiger partial charge in [-0.25, -0.2) is 14.4 Å². The predicted molar refractivity (Wildman–Crippen MR) is 125 cm³/mol. The van der Waals surface area contributed by atoms with Crippen molar-refractivity contribution < 1.29 is 123 Å². The van der Waals surface area contributed by atoms with Crippen molar-refractivity contribution in [2.45, 2.75) is 90.4 Å². The van der Waals surface area contributed by atoms with E-state index in [0.717, 1.165) is 19.3 Å². The van der Waals surface area contributed by atoms with Gasteiger partial charge in [0.1, 0.15) is 0 Å². The number of benzene rings is 1. The zero-order valence-electron chi connectivity index (χ0n) is 24.6. The van der Waals surface area contributed by atoms with Crippen LogP contribution < -0.4 is 94.0 Å². The van der Waals surface area contributed by atoms with Crippen LogP contribution in [-0.2, 0) is 0 Å². The Hall–Kier alpha value is 0.430. The van der Waals surface area contributed by atoms with E-state index < -0.39 is 34.6 Å². The predicted octanol–water partition coefficient (Wildman–Crippen LogP) is -2.37. The molecule has 0 aliphatic carbocycles. The van der Waals surface area contributed by atoms with Gasteiger partial charge in [0, 0.05) is 12.2 Å². The first kappa shape index (κ1) is 39.0. The number of anilines is 1. The molecule has 0 radical (unpaired) electrons. The Morgan fingerprint density at radius 3 is 1.32 bits per heavy atom. The summed E-state index contributed by atoms with van der Waals surface area (Å²) in [6.45, 7) is 2.81. The summed E-state index contributed by atoms with van der Waals surface area (Å²) in [4.78, 5) is 34.1. The molecule has 0 aliphatic heterocycles. The van der Waals surface area contributed by atoms with Gasteiger partial charge in [0.05, 0.1) is 16.7 Å². The van der Waals surface area contributed by atoms with Crippen LogP contribution in [-0.4, -0.2) is 39.8 Å². The first-order valence-electron chi connectivity index (χ1n) is 11.5. The summed E-state index contributed by atoms with van der Waals surface area (Å²) in [5.74, 6) is -4.51. The molecular formula is C24H40NNa3O6. The van der Waals surface area contributed by atoms with E-state index in [4.69, 9.17) is 0 Å².